The molecule has 1 heterocycles. The second-order valence-corrected chi connectivity index (χ2v) is 6.71. The van der Waals surface area contributed by atoms with Gasteiger partial charge in [-0.3, -0.25) is 0 Å². The molecule has 94 valence electrons. The monoisotopic (exact) mass is 253 g/mol. The second-order valence-electron chi connectivity index (χ2n) is 5.68. The van der Waals surface area contributed by atoms with Gasteiger partial charge in [0.2, 0.25) is 0 Å². The Morgan fingerprint density at radius 3 is 2.82 bits per heavy atom. The smallest absolute Gasteiger partial charge is 0.123 e. The Hall–Kier alpha value is -0.700. The molecule has 0 saturated carbocycles. The second kappa shape index (κ2) is 4.89. The number of nitrogens with one attached hydrogen (secondary N) is 1. The van der Waals surface area contributed by atoms with E-state index in [0.29, 0.717) is 11.5 Å². The van der Waals surface area contributed by atoms with Crippen molar-refractivity contribution in [1.82, 2.24) is 0 Å². The Balaban J connectivity index is 2.05. The van der Waals surface area contributed by atoms with E-state index in [1.807, 2.05) is 24.8 Å². The Labute approximate surface area is 107 Å². The number of benzene rings is 1. The maximum Gasteiger partial charge on any atom is 0.123 e. The Bertz CT molecular complexity index is 403. The molecule has 1 fully saturated rings. The molecule has 0 amide bonds. The van der Waals surface area contributed by atoms with Gasteiger partial charge in [-0.2, -0.15) is 11.8 Å². The number of aryl methyl sites for hydroxylation is 1. The maximum absolute atomic E-state index is 13.0. The number of halogens is 1. The molecular formula is C14H20FNS. The van der Waals surface area contributed by atoms with Crippen LogP contribution in [0.25, 0.3) is 0 Å². The van der Waals surface area contributed by atoms with E-state index in [9.17, 15) is 4.39 Å². The van der Waals surface area contributed by atoms with Gasteiger partial charge in [-0.15, -0.1) is 0 Å². The average molecular weight is 253 g/mol. The van der Waals surface area contributed by atoms with Crippen molar-refractivity contribution in [2.45, 2.75) is 33.2 Å². The first-order valence-electron chi connectivity index (χ1n) is 6.07. The molecule has 0 spiro atoms. The number of hydrogen-bond donors (Lipinski definition) is 1. The van der Waals surface area contributed by atoms with Crippen molar-refractivity contribution in [2.24, 2.45) is 5.41 Å². The first-order valence-corrected chi connectivity index (χ1v) is 7.22. The van der Waals surface area contributed by atoms with E-state index in [-0.39, 0.29) is 5.82 Å². The van der Waals surface area contributed by atoms with Gasteiger partial charge in [0, 0.05) is 17.5 Å². The van der Waals surface area contributed by atoms with Gasteiger partial charge in [-0.1, -0.05) is 13.8 Å². The number of anilines is 1. The highest BCUT2D eigenvalue weighted by Crippen LogP contribution is 2.35. The lowest BCUT2D eigenvalue weighted by Gasteiger charge is -2.35. The molecule has 17 heavy (non-hydrogen) atoms. The Morgan fingerprint density at radius 2 is 2.18 bits per heavy atom. The van der Waals surface area contributed by atoms with E-state index in [1.54, 1.807) is 6.07 Å². The molecule has 1 N–H and O–H groups in total. The largest absolute Gasteiger partial charge is 0.381 e. The number of hydrogen-bond acceptors (Lipinski definition) is 2. The Morgan fingerprint density at radius 1 is 1.41 bits per heavy atom. The van der Waals surface area contributed by atoms with Gasteiger partial charge >= 0.3 is 0 Å². The number of rotatable bonds is 2. The molecule has 3 heteroatoms. The van der Waals surface area contributed by atoms with Crippen LogP contribution in [0.5, 0.6) is 0 Å². The highest BCUT2D eigenvalue weighted by atomic mass is 32.2. The van der Waals surface area contributed by atoms with Crippen LogP contribution in [0, 0.1) is 18.2 Å². The molecule has 1 saturated heterocycles. The third-order valence-electron chi connectivity index (χ3n) is 3.16. The lowest BCUT2D eigenvalue weighted by atomic mass is 9.87. The SMILES string of the molecule is Cc1cc(F)ccc1NC1CSCC(C)(C)C1. The zero-order chi connectivity index (χ0) is 12.5. The zero-order valence-corrected chi connectivity index (χ0v) is 11.5. The van der Waals surface area contributed by atoms with Crippen LogP contribution in [0.2, 0.25) is 0 Å². The van der Waals surface area contributed by atoms with Crippen LogP contribution in [-0.4, -0.2) is 17.5 Å². The van der Waals surface area contributed by atoms with Crippen LogP contribution >= 0.6 is 11.8 Å². The molecule has 0 bridgehead atoms. The molecule has 0 radical (unpaired) electrons. The summed E-state index contributed by atoms with van der Waals surface area (Å²) in [7, 11) is 0. The van der Waals surface area contributed by atoms with Gasteiger partial charge in [-0.05, 0) is 48.3 Å². The molecule has 1 aliphatic rings. The molecule has 0 aliphatic carbocycles. The van der Waals surface area contributed by atoms with Gasteiger partial charge in [-0.25, -0.2) is 4.39 Å². The normalized spacial score (nSPS) is 23.4. The highest BCUT2D eigenvalue weighted by molar-refractivity contribution is 7.99. The van der Waals surface area contributed by atoms with Crippen molar-refractivity contribution < 1.29 is 4.39 Å². The van der Waals surface area contributed by atoms with Gasteiger partial charge in [0.15, 0.2) is 0 Å². The highest BCUT2D eigenvalue weighted by Gasteiger charge is 2.28. The fourth-order valence-corrected chi connectivity index (χ4v) is 3.64. The summed E-state index contributed by atoms with van der Waals surface area (Å²) in [6, 6.07) is 5.45. The van der Waals surface area contributed by atoms with Crippen molar-refractivity contribution in [1.29, 1.82) is 0 Å². The van der Waals surface area contributed by atoms with Crippen molar-refractivity contribution in [3.8, 4) is 0 Å². The summed E-state index contributed by atoms with van der Waals surface area (Å²) in [5.41, 5.74) is 2.45. The van der Waals surface area contributed by atoms with E-state index >= 15 is 0 Å². The molecule has 1 atom stereocenters. The fourth-order valence-electron chi connectivity index (χ4n) is 2.36. The van der Waals surface area contributed by atoms with E-state index in [2.05, 4.69) is 19.2 Å². The van der Waals surface area contributed by atoms with Gasteiger partial charge in [0.1, 0.15) is 5.82 Å². The van der Waals surface area contributed by atoms with Crippen LogP contribution in [0.4, 0.5) is 10.1 Å². The summed E-state index contributed by atoms with van der Waals surface area (Å²) < 4.78 is 13.0. The van der Waals surface area contributed by atoms with Gasteiger partial charge in [0.25, 0.3) is 0 Å². The lowest BCUT2D eigenvalue weighted by molar-refractivity contribution is 0.358. The third-order valence-corrected chi connectivity index (χ3v) is 4.78. The van der Waals surface area contributed by atoms with E-state index in [1.165, 1.54) is 18.2 Å². The van der Waals surface area contributed by atoms with Crippen molar-refractivity contribution >= 4 is 17.4 Å². The first-order chi connectivity index (χ1) is 7.96. The summed E-state index contributed by atoms with van der Waals surface area (Å²) in [5.74, 6) is 2.21. The topological polar surface area (TPSA) is 12.0 Å². The zero-order valence-electron chi connectivity index (χ0n) is 10.7. The summed E-state index contributed by atoms with van der Waals surface area (Å²) >= 11 is 2.00. The molecule has 1 aliphatic heterocycles. The fraction of sp³-hybridized carbons (Fsp3) is 0.571. The summed E-state index contributed by atoms with van der Waals surface area (Å²) in [6.07, 6.45) is 1.18. The summed E-state index contributed by atoms with van der Waals surface area (Å²) in [6.45, 7) is 6.57. The summed E-state index contributed by atoms with van der Waals surface area (Å²) in [5, 5.41) is 3.54. The van der Waals surface area contributed by atoms with Gasteiger partial charge in [0.05, 0.1) is 0 Å². The quantitative estimate of drug-likeness (QED) is 0.852. The van der Waals surface area contributed by atoms with E-state index < -0.39 is 0 Å². The minimum absolute atomic E-state index is 0.161. The Kier molecular flexibility index (Phi) is 3.67. The van der Waals surface area contributed by atoms with Crippen LogP contribution in [0.3, 0.4) is 0 Å². The molecule has 1 aromatic carbocycles. The summed E-state index contributed by atoms with van der Waals surface area (Å²) in [4.78, 5) is 0. The molecule has 1 unspecified atom stereocenters. The number of thioether (sulfide) groups is 1. The van der Waals surface area contributed by atoms with Crippen molar-refractivity contribution in [3.63, 3.8) is 0 Å². The molecule has 0 aromatic heterocycles. The van der Waals surface area contributed by atoms with Crippen LogP contribution < -0.4 is 5.32 Å². The predicted molar refractivity (Wildman–Crippen MR) is 74.3 cm³/mol. The standard InChI is InChI=1S/C14H20FNS/c1-10-6-11(15)4-5-13(10)16-12-7-14(2,3)9-17-8-12/h4-6,12,16H,7-9H2,1-3H3. The van der Waals surface area contributed by atoms with Crippen LogP contribution in [-0.2, 0) is 0 Å². The van der Waals surface area contributed by atoms with E-state index in [0.717, 1.165) is 17.0 Å². The molecule has 1 nitrogen and oxygen atoms in total. The molecule has 1 aromatic rings. The third kappa shape index (κ3) is 3.38. The van der Waals surface area contributed by atoms with E-state index in [4.69, 9.17) is 0 Å². The predicted octanol–water partition coefficient (Wildman–Crippen LogP) is 4.08. The lowest BCUT2D eigenvalue weighted by Crippen LogP contribution is -2.35. The molecular weight excluding hydrogens is 233 g/mol. The molecule has 2 rings (SSSR count). The van der Waals surface area contributed by atoms with Crippen LogP contribution in [0.15, 0.2) is 18.2 Å². The first kappa shape index (κ1) is 12.7. The minimum Gasteiger partial charge on any atom is -0.381 e. The minimum atomic E-state index is -0.161. The average Bonchev–Trinajstić information content (AvgIpc) is 2.21. The van der Waals surface area contributed by atoms with Crippen LogP contribution in [0.1, 0.15) is 25.8 Å². The maximum atomic E-state index is 13.0. The van der Waals surface area contributed by atoms with Crippen molar-refractivity contribution in [3.05, 3.63) is 29.6 Å². The van der Waals surface area contributed by atoms with Gasteiger partial charge < -0.3 is 5.32 Å². The van der Waals surface area contributed by atoms with Crippen molar-refractivity contribution in [2.75, 3.05) is 16.8 Å².